The Morgan fingerprint density at radius 3 is 2.50 bits per heavy atom. The van der Waals surface area contributed by atoms with Crippen LogP contribution in [-0.4, -0.2) is 18.4 Å². The summed E-state index contributed by atoms with van der Waals surface area (Å²) >= 11 is 0. The van der Waals surface area contributed by atoms with Gasteiger partial charge in [0.1, 0.15) is 6.42 Å². The van der Waals surface area contributed by atoms with Crippen LogP contribution in [0.3, 0.4) is 0 Å². The van der Waals surface area contributed by atoms with Gasteiger partial charge in [-0.1, -0.05) is 39.0 Å². The zero-order valence-corrected chi connectivity index (χ0v) is 12.7. The second-order valence-electron chi connectivity index (χ2n) is 5.39. The van der Waals surface area contributed by atoms with Crippen molar-refractivity contribution in [3.8, 4) is 0 Å². The molecule has 0 saturated heterocycles. The van der Waals surface area contributed by atoms with Crippen LogP contribution in [0.5, 0.6) is 0 Å². The highest BCUT2D eigenvalue weighted by Crippen LogP contribution is 2.21. The SMILES string of the molecule is CCc1cccc(C)c1NC(=O)CC(=O)NCC(C)C. The molecule has 0 saturated carbocycles. The lowest BCUT2D eigenvalue weighted by atomic mass is 10.1. The molecule has 1 aromatic rings. The van der Waals surface area contributed by atoms with Crippen LogP contribution >= 0.6 is 0 Å². The highest BCUT2D eigenvalue weighted by atomic mass is 16.2. The molecule has 4 heteroatoms. The van der Waals surface area contributed by atoms with Crippen molar-refractivity contribution in [2.24, 2.45) is 5.92 Å². The van der Waals surface area contributed by atoms with E-state index in [1.807, 2.05) is 45.9 Å². The monoisotopic (exact) mass is 276 g/mol. The third kappa shape index (κ3) is 5.03. The van der Waals surface area contributed by atoms with Gasteiger partial charge >= 0.3 is 0 Å². The molecular formula is C16H24N2O2. The Balaban J connectivity index is 2.61. The first-order chi connectivity index (χ1) is 9.43. The lowest BCUT2D eigenvalue weighted by molar-refractivity contribution is -0.126. The van der Waals surface area contributed by atoms with Gasteiger partial charge in [0.15, 0.2) is 0 Å². The first kappa shape index (κ1) is 16.2. The molecule has 4 nitrogen and oxygen atoms in total. The first-order valence-electron chi connectivity index (χ1n) is 7.09. The molecule has 0 aliphatic heterocycles. The number of rotatable bonds is 6. The molecule has 1 rings (SSSR count). The molecule has 0 unspecified atom stereocenters. The number of para-hydroxylation sites is 1. The van der Waals surface area contributed by atoms with Crippen molar-refractivity contribution in [3.63, 3.8) is 0 Å². The van der Waals surface area contributed by atoms with Gasteiger partial charge in [-0.05, 0) is 30.4 Å². The lowest BCUT2D eigenvalue weighted by Gasteiger charge is -2.13. The molecule has 0 heterocycles. The summed E-state index contributed by atoms with van der Waals surface area (Å²) in [6.45, 7) is 8.62. The van der Waals surface area contributed by atoms with Gasteiger partial charge in [0.05, 0.1) is 0 Å². The summed E-state index contributed by atoms with van der Waals surface area (Å²) in [5.41, 5.74) is 2.93. The molecule has 0 radical (unpaired) electrons. The van der Waals surface area contributed by atoms with Gasteiger partial charge in [-0.2, -0.15) is 0 Å². The molecule has 110 valence electrons. The molecule has 0 atom stereocenters. The predicted molar refractivity (Wildman–Crippen MR) is 81.7 cm³/mol. The number of carbonyl (C=O) groups is 2. The number of amides is 2. The zero-order valence-electron chi connectivity index (χ0n) is 12.7. The van der Waals surface area contributed by atoms with Crippen LogP contribution in [0.1, 0.15) is 38.3 Å². The van der Waals surface area contributed by atoms with Crippen molar-refractivity contribution in [2.45, 2.75) is 40.5 Å². The van der Waals surface area contributed by atoms with Crippen LogP contribution in [0.25, 0.3) is 0 Å². The molecule has 0 fully saturated rings. The molecule has 0 bridgehead atoms. The van der Waals surface area contributed by atoms with Crippen LogP contribution < -0.4 is 10.6 Å². The van der Waals surface area contributed by atoms with Crippen molar-refractivity contribution < 1.29 is 9.59 Å². The minimum absolute atomic E-state index is 0.135. The molecule has 0 aliphatic rings. The third-order valence-electron chi connectivity index (χ3n) is 3.03. The number of aryl methyl sites for hydroxylation is 2. The van der Waals surface area contributed by atoms with E-state index in [0.29, 0.717) is 12.5 Å². The Labute approximate surface area is 121 Å². The standard InChI is InChI=1S/C16H24N2O2/c1-5-13-8-6-7-12(4)16(13)18-15(20)9-14(19)17-10-11(2)3/h6-8,11H,5,9-10H2,1-4H3,(H,17,19)(H,18,20). The van der Waals surface area contributed by atoms with Crippen LogP contribution in [-0.2, 0) is 16.0 Å². The number of hydrogen-bond acceptors (Lipinski definition) is 2. The van der Waals surface area contributed by atoms with Crippen LogP contribution in [0.2, 0.25) is 0 Å². The molecule has 0 spiro atoms. The van der Waals surface area contributed by atoms with Crippen molar-refractivity contribution in [1.82, 2.24) is 5.32 Å². The first-order valence-corrected chi connectivity index (χ1v) is 7.09. The maximum atomic E-state index is 11.9. The highest BCUT2D eigenvalue weighted by molar-refractivity contribution is 6.04. The third-order valence-corrected chi connectivity index (χ3v) is 3.03. The Morgan fingerprint density at radius 1 is 1.20 bits per heavy atom. The summed E-state index contributed by atoms with van der Waals surface area (Å²) in [5, 5.41) is 5.59. The predicted octanol–water partition coefficient (Wildman–Crippen LogP) is 2.66. The van der Waals surface area contributed by atoms with E-state index in [4.69, 9.17) is 0 Å². The fourth-order valence-corrected chi connectivity index (χ4v) is 1.91. The van der Waals surface area contributed by atoms with Crippen LogP contribution in [0.4, 0.5) is 5.69 Å². The van der Waals surface area contributed by atoms with E-state index in [2.05, 4.69) is 10.6 Å². The van der Waals surface area contributed by atoms with Gasteiger partial charge < -0.3 is 10.6 Å². The fraction of sp³-hybridized carbons (Fsp3) is 0.500. The molecule has 20 heavy (non-hydrogen) atoms. The van der Waals surface area contributed by atoms with E-state index in [1.165, 1.54) is 0 Å². The normalized spacial score (nSPS) is 10.4. The second-order valence-corrected chi connectivity index (χ2v) is 5.39. The van der Waals surface area contributed by atoms with Crippen LogP contribution in [0.15, 0.2) is 18.2 Å². The molecule has 1 aromatic carbocycles. The summed E-state index contributed by atoms with van der Waals surface area (Å²) < 4.78 is 0. The van der Waals surface area contributed by atoms with E-state index < -0.39 is 0 Å². The summed E-state index contributed by atoms with van der Waals surface area (Å²) in [7, 11) is 0. The zero-order chi connectivity index (χ0) is 15.1. The minimum Gasteiger partial charge on any atom is -0.355 e. The van der Waals surface area contributed by atoms with E-state index in [-0.39, 0.29) is 18.2 Å². The van der Waals surface area contributed by atoms with E-state index in [1.54, 1.807) is 0 Å². The average molecular weight is 276 g/mol. The maximum absolute atomic E-state index is 11.9. The van der Waals surface area contributed by atoms with Gasteiger partial charge in [-0.3, -0.25) is 9.59 Å². The highest BCUT2D eigenvalue weighted by Gasteiger charge is 2.12. The minimum atomic E-state index is -0.268. The largest absolute Gasteiger partial charge is 0.355 e. The summed E-state index contributed by atoms with van der Waals surface area (Å²) in [6.07, 6.45) is 0.709. The van der Waals surface area contributed by atoms with Crippen molar-refractivity contribution in [1.29, 1.82) is 0 Å². The Morgan fingerprint density at radius 2 is 1.90 bits per heavy atom. The molecule has 0 aromatic heterocycles. The summed E-state index contributed by atoms with van der Waals surface area (Å²) in [4.78, 5) is 23.5. The van der Waals surface area contributed by atoms with E-state index in [0.717, 1.165) is 23.2 Å². The van der Waals surface area contributed by atoms with Gasteiger partial charge in [-0.15, -0.1) is 0 Å². The van der Waals surface area contributed by atoms with Crippen molar-refractivity contribution >= 4 is 17.5 Å². The summed E-state index contributed by atoms with van der Waals surface area (Å²) in [6, 6.07) is 5.91. The van der Waals surface area contributed by atoms with E-state index in [9.17, 15) is 9.59 Å². The Hall–Kier alpha value is -1.84. The van der Waals surface area contributed by atoms with Crippen molar-refractivity contribution in [2.75, 3.05) is 11.9 Å². The Bertz CT molecular complexity index is 481. The number of hydrogen-bond donors (Lipinski definition) is 2. The van der Waals surface area contributed by atoms with Gasteiger partial charge in [0, 0.05) is 12.2 Å². The number of anilines is 1. The van der Waals surface area contributed by atoms with Gasteiger partial charge in [0.25, 0.3) is 0 Å². The maximum Gasteiger partial charge on any atom is 0.233 e. The summed E-state index contributed by atoms with van der Waals surface area (Å²) in [5.74, 6) is -0.122. The van der Waals surface area contributed by atoms with E-state index >= 15 is 0 Å². The van der Waals surface area contributed by atoms with Crippen LogP contribution in [0, 0.1) is 12.8 Å². The number of nitrogens with one attached hydrogen (secondary N) is 2. The smallest absolute Gasteiger partial charge is 0.233 e. The van der Waals surface area contributed by atoms with Crippen molar-refractivity contribution in [3.05, 3.63) is 29.3 Å². The molecule has 0 aliphatic carbocycles. The Kier molecular flexibility index (Phi) is 6.22. The topological polar surface area (TPSA) is 58.2 Å². The number of benzene rings is 1. The number of carbonyl (C=O) groups excluding carboxylic acids is 2. The molecular weight excluding hydrogens is 252 g/mol. The molecule has 2 N–H and O–H groups in total. The second kappa shape index (κ2) is 7.68. The average Bonchev–Trinajstić information content (AvgIpc) is 2.38. The van der Waals surface area contributed by atoms with Gasteiger partial charge in [0.2, 0.25) is 11.8 Å². The lowest BCUT2D eigenvalue weighted by Crippen LogP contribution is -2.31. The quantitative estimate of drug-likeness (QED) is 0.785. The van der Waals surface area contributed by atoms with Gasteiger partial charge in [-0.25, -0.2) is 0 Å². The molecule has 2 amide bonds. The fourth-order valence-electron chi connectivity index (χ4n) is 1.91.